The predicted molar refractivity (Wildman–Crippen MR) is 77.9 cm³/mol. The normalized spacial score (nSPS) is 13.1. The van der Waals surface area contributed by atoms with Gasteiger partial charge < -0.3 is 5.11 Å². The maximum Gasteiger partial charge on any atom is 0.123 e. The molecule has 0 spiro atoms. The molecule has 1 aromatic carbocycles. The summed E-state index contributed by atoms with van der Waals surface area (Å²) in [4.78, 5) is 0.828. The number of halogens is 2. The van der Waals surface area contributed by atoms with E-state index >= 15 is 0 Å². The van der Waals surface area contributed by atoms with Crippen molar-refractivity contribution in [2.75, 3.05) is 0 Å². The van der Waals surface area contributed by atoms with Crippen molar-refractivity contribution < 1.29 is 9.50 Å². The van der Waals surface area contributed by atoms with E-state index in [4.69, 9.17) is 0 Å². The van der Waals surface area contributed by atoms with Crippen molar-refractivity contribution in [3.8, 4) is 0 Å². The van der Waals surface area contributed by atoms with Crippen LogP contribution in [0, 0.1) is 5.82 Å². The zero-order chi connectivity index (χ0) is 12.7. The van der Waals surface area contributed by atoms with Gasteiger partial charge in [0.05, 0.1) is 0 Å². The molecule has 1 atom stereocenters. The Balaban J connectivity index is 2.07. The molecule has 18 heavy (non-hydrogen) atoms. The van der Waals surface area contributed by atoms with Crippen molar-refractivity contribution >= 4 is 48.7 Å². The van der Waals surface area contributed by atoms with Gasteiger partial charge in [0.2, 0.25) is 0 Å². The Morgan fingerprint density at radius 1 is 1.22 bits per heavy atom. The van der Waals surface area contributed by atoms with Crippen LogP contribution in [0.15, 0.2) is 39.5 Å². The highest BCUT2D eigenvalue weighted by Gasteiger charge is 2.17. The van der Waals surface area contributed by atoms with E-state index < -0.39 is 6.10 Å². The topological polar surface area (TPSA) is 20.2 Å². The van der Waals surface area contributed by atoms with Gasteiger partial charge in [-0.2, -0.15) is 11.3 Å². The molecule has 0 bridgehead atoms. The van der Waals surface area contributed by atoms with Gasteiger partial charge in [-0.25, -0.2) is 4.39 Å². The minimum atomic E-state index is -0.661. The largest absolute Gasteiger partial charge is 0.383 e. The molecule has 0 saturated carbocycles. The van der Waals surface area contributed by atoms with Crippen LogP contribution in [0.4, 0.5) is 4.39 Å². The van der Waals surface area contributed by atoms with E-state index in [1.807, 2.05) is 16.8 Å². The number of hydrogen-bond donors (Lipinski definition) is 1. The lowest BCUT2D eigenvalue weighted by Gasteiger charge is -2.06. The Morgan fingerprint density at radius 2 is 2.06 bits per heavy atom. The van der Waals surface area contributed by atoms with Crippen LogP contribution in [0.25, 0.3) is 10.1 Å². The van der Waals surface area contributed by atoms with Gasteiger partial charge in [-0.3, -0.25) is 0 Å². The summed E-state index contributed by atoms with van der Waals surface area (Å²) in [5, 5.41) is 15.0. The summed E-state index contributed by atoms with van der Waals surface area (Å²) in [6.07, 6.45) is -0.661. The van der Waals surface area contributed by atoms with E-state index in [1.54, 1.807) is 6.07 Å². The first-order valence-corrected chi connectivity index (χ1v) is 7.79. The first-order valence-electron chi connectivity index (χ1n) is 5.24. The number of rotatable bonds is 2. The van der Waals surface area contributed by atoms with E-state index in [0.29, 0.717) is 0 Å². The molecule has 5 heteroatoms. The number of hydrogen-bond acceptors (Lipinski definition) is 3. The van der Waals surface area contributed by atoms with Gasteiger partial charge in [-0.1, -0.05) is 0 Å². The second-order valence-corrected chi connectivity index (χ2v) is 6.62. The minimum absolute atomic E-state index is 0.252. The highest BCUT2D eigenvalue weighted by molar-refractivity contribution is 9.10. The Kier molecular flexibility index (Phi) is 3.23. The Hall–Kier alpha value is -0.750. The second kappa shape index (κ2) is 4.74. The lowest BCUT2D eigenvalue weighted by Crippen LogP contribution is -1.95. The third kappa shape index (κ3) is 2.12. The first-order chi connectivity index (χ1) is 8.65. The molecule has 0 fully saturated rings. The molecule has 92 valence electrons. The van der Waals surface area contributed by atoms with Crippen LogP contribution < -0.4 is 0 Å². The van der Waals surface area contributed by atoms with Gasteiger partial charge in [-0.05, 0) is 51.0 Å². The van der Waals surface area contributed by atoms with Crippen molar-refractivity contribution in [1.29, 1.82) is 0 Å². The molecule has 0 saturated heterocycles. The summed E-state index contributed by atoms with van der Waals surface area (Å²) in [6, 6.07) is 6.52. The maximum absolute atomic E-state index is 13.1. The quantitative estimate of drug-likeness (QED) is 0.698. The Labute approximate surface area is 120 Å². The highest BCUT2D eigenvalue weighted by atomic mass is 79.9. The molecule has 3 rings (SSSR count). The Morgan fingerprint density at radius 3 is 2.78 bits per heavy atom. The monoisotopic (exact) mass is 342 g/mol. The van der Waals surface area contributed by atoms with E-state index in [1.165, 1.54) is 34.8 Å². The zero-order valence-electron chi connectivity index (χ0n) is 9.06. The number of aliphatic hydroxyl groups is 1. The zero-order valence-corrected chi connectivity index (χ0v) is 12.3. The van der Waals surface area contributed by atoms with Crippen LogP contribution in [-0.4, -0.2) is 5.11 Å². The highest BCUT2D eigenvalue weighted by Crippen LogP contribution is 2.37. The molecule has 1 N–H and O–H groups in total. The summed E-state index contributed by atoms with van der Waals surface area (Å²) in [5.74, 6) is -0.252. The fourth-order valence-electron chi connectivity index (χ4n) is 1.81. The predicted octanol–water partition coefficient (Wildman–Crippen LogP) is 4.95. The van der Waals surface area contributed by atoms with E-state index in [9.17, 15) is 9.50 Å². The number of fused-ring (bicyclic) bond motifs is 1. The van der Waals surface area contributed by atoms with Gasteiger partial charge in [0.25, 0.3) is 0 Å². The number of thiophene rings is 2. The smallest absolute Gasteiger partial charge is 0.123 e. The molecule has 0 aliphatic carbocycles. The van der Waals surface area contributed by atoms with Crippen LogP contribution in [0.5, 0.6) is 0 Å². The molecule has 2 aromatic heterocycles. The molecule has 0 aliphatic heterocycles. The fourth-order valence-corrected chi connectivity index (χ4v) is 4.39. The Bertz CT molecular complexity index is 704. The molecule has 1 nitrogen and oxygen atoms in total. The lowest BCUT2D eigenvalue weighted by atomic mass is 10.1. The molecule has 3 aromatic rings. The molecule has 0 aliphatic rings. The van der Waals surface area contributed by atoms with Gasteiger partial charge in [0.1, 0.15) is 11.9 Å². The molecule has 1 unspecified atom stereocenters. The van der Waals surface area contributed by atoms with Crippen LogP contribution in [-0.2, 0) is 0 Å². The third-order valence-electron chi connectivity index (χ3n) is 2.70. The summed E-state index contributed by atoms with van der Waals surface area (Å²) in [6.45, 7) is 0. The van der Waals surface area contributed by atoms with Crippen LogP contribution in [0.2, 0.25) is 0 Å². The first kappa shape index (κ1) is 12.3. The van der Waals surface area contributed by atoms with E-state index in [2.05, 4.69) is 15.9 Å². The summed E-state index contributed by atoms with van der Waals surface area (Å²) in [5.41, 5.74) is 0.854. The summed E-state index contributed by atoms with van der Waals surface area (Å²) >= 11 is 6.44. The second-order valence-electron chi connectivity index (χ2n) is 3.91. The average molecular weight is 343 g/mol. The molecular formula is C13H8BrFOS2. The van der Waals surface area contributed by atoms with Crippen molar-refractivity contribution in [2.24, 2.45) is 0 Å². The minimum Gasteiger partial charge on any atom is -0.383 e. The van der Waals surface area contributed by atoms with Crippen molar-refractivity contribution in [3.05, 3.63) is 55.8 Å². The molecule has 0 amide bonds. The van der Waals surface area contributed by atoms with Crippen LogP contribution in [0.3, 0.4) is 0 Å². The standard InChI is InChI=1S/C13H8BrFOS2/c14-10-6-17-5-9(10)13(16)12-4-7-3-8(15)1-2-11(7)18-12/h1-6,13,16H. The van der Waals surface area contributed by atoms with Crippen LogP contribution in [0.1, 0.15) is 16.5 Å². The van der Waals surface area contributed by atoms with Gasteiger partial charge in [0.15, 0.2) is 0 Å². The average Bonchev–Trinajstić information content (AvgIpc) is 2.93. The van der Waals surface area contributed by atoms with Gasteiger partial charge in [0, 0.05) is 25.0 Å². The summed E-state index contributed by atoms with van der Waals surface area (Å²) in [7, 11) is 0. The van der Waals surface area contributed by atoms with Crippen molar-refractivity contribution in [3.63, 3.8) is 0 Å². The third-order valence-corrected chi connectivity index (χ3v) is 5.62. The molecule has 2 heterocycles. The maximum atomic E-state index is 13.1. The van der Waals surface area contributed by atoms with Crippen molar-refractivity contribution in [1.82, 2.24) is 0 Å². The van der Waals surface area contributed by atoms with Crippen LogP contribution >= 0.6 is 38.6 Å². The van der Waals surface area contributed by atoms with Gasteiger partial charge >= 0.3 is 0 Å². The number of aliphatic hydroxyl groups excluding tert-OH is 1. The lowest BCUT2D eigenvalue weighted by molar-refractivity contribution is 0.224. The fraction of sp³-hybridized carbons (Fsp3) is 0.0769. The van der Waals surface area contributed by atoms with Crippen molar-refractivity contribution in [2.45, 2.75) is 6.10 Å². The van der Waals surface area contributed by atoms with E-state index in [-0.39, 0.29) is 5.82 Å². The van der Waals surface area contributed by atoms with E-state index in [0.717, 1.165) is 25.0 Å². The molecule has 0 radical (unpaired) electrons. The summed E-state index contributed by atoms with van der Waals surface area (Å²) < 4.78 is 15.0. The van der Waals surface area contributed by atoms with Gasteiger partial charge in [-0.15, -0.1) is 11.3 Å². The molecular weight excluding hydrogens is 335 g/mol. The SMILES string of the molecule is OC(c1cc2cc(F)ccc2s1)c1cscc1Br. The number of benzene rings is 1.